The highest BCUT2D eigenvalue weighted by Crippen LogP contribution is 2.65. The molecule has 1 N–H and O–H groups in total. The molecule has 0 radical (unpaired) electrons. The second-order valence-electron chi connectivity index (χ2n) is 11.4. The number of hydrogen-bond donors (Lipinski definition) is 1. The van der Waals surface area contributed by atoms with Gasteiger partial charge in [0, 0.05) is 6.04 Å². The smallest absolute Gasteiger partial charge is 0.0577 e. The van der Waals surface area contributed by atoms with E-state index >= 15 is 0 Å². The molecule has 4 rings (SSSR count). The SMILES string of the molecule is CN(C)CCCN(C)C1CC[C@H]2[C@@H]3CC=C4CC(O)CC[C@]4(C)[C@@H]3CC[C@]12C. The van der Waals surface area contributed by atoms with Crippen molar-refractivity contribution in [2.45, 2.75) is 83.8 Å². The molecule has 0 bridgehead atoms. The molecule has 160 valence electrons. The van der Waals surface area contributed by atoms with E-state index in [4.69, 9.17) is 0 Å². The molecule has 3 heteroatoms. The van der Waals surface area contributed by atoms with E-state index in [2.05, 4.69) is 50.9 Å². The number of aliphatic hydroxyl groups excluding tert-OH is 1. The van der Waals surface area contributed by atoms with Crippen LogP contribution >= 0.6 is 0 Å². The lowest BCUT2D eigenvalue weighted by molar-refractivity contribution is -0.0565. The number of aliphatic hydroxyl groups is 1. The Balaban J connectivity index is 1.49. The summed E-state index contributed by atoms with van der Waals surface area (Å²) in [4.78, 5) is 5.03. The summed E-state index contributed by atoms with van der Waals surface area (Å²) in [6.07, 6.45) is 13.8. The van der Waals surface area contributed by atoms with Crippen molar-refractivity contribution in [2.24, 2.45) is 28.6 Å². The average molecular weight is 389 g/mol. The molecule has 0 aromatic carbocycles. The van der Waals surface area contributed by atoms with Crippen LogP contribution in [0.4, 0.5) is 0 Å². The van der Waals surface area contributed by atoms with Crippen molar-refractivity contribution < 1.29 is 5.11 Å². The third-order valence-electron chi connectivity index (χ3n) is 9.68. The fourth-order valence-corrected chi connectivity index (χ4v) is 8.13. The zero-order chi connectivity index (χ0) is 20.1. The first kappa shape index (κ1) is 20.9. The van der Waals surface area contributed by atoms with Crippen LogP contribution in [0.2, 0.25) is 0 Å². The number of allylic oxidation sites excluding steroid dienone is 1. The second-order valence-corrected chi connectivity index (χ2v) is 11.4. The molecule has 0 spiro atoms. The highest BCUT2D eigenvalue weighted by atomic mass is 16.3. The monoisotopic (exact) mass is 388 g/mol. The molecule has 3 nitrogen and oxygen atoms in total. The van der Waals surface area contributed by atoms with Crippen molar-refractivity contribution in [3.63, 3.8) is 0 Å². The number of hydrogen-bond acceptors (Lipinski definition) is 3. The maximum atomic E-state index is 10.2. The zero-order valence-electron chi connectivity index (χ0n) is 19.1. The van der Waals surface area contributed by atoms with Crippen molar-refractivity contribution in [3.8, 4) is 0 Å². The van der Waals surface area contributed by atoms with Crippen LogP contribution in [0.5, 0.6) is 0 Å². The predicted octanol–water partition coefficient (Wildman–Crippen LogP) is 4.56. The first-order valence-electron chi connectivity index (χ1n) is 12.0. The van der Waals surface area contributed by atoms with Gasteiger partial charge in [0.25, 0.3) is 0 Å². The van der Waals surface area contributed by atoms with Crippen LogP contribution in [0.25, 0.3) is 0 Å². The molecular formula is C25H44N2O. The minimum atomic E-state index is -0.0867. The van der Waals surface area contributed by atoms with Crippen molar-refractivity contribution in [2.75, 3.05) is 34.2 Å². The summed E-state index contributed by atoms with van der Waals surface area (Å²) in [5.74, 6) is 2.63. The zero-order valence-corrected chi connectivity index (χ0v) is 19.1. The fourth-order valence-electron chi connectivity index (χ4n) is 8.13. The van der Waals surface area contributed by atoms with E-state index in [1.807, 2.05) is 0 Å². The maximum Gasteiger partial charge on any atom is 0.0577 e. The van der Waals surface area contributed by atoms with Crippen LogP contribution < -0.4 is 0 Å². The highest BCUT2D eigenvalue weighted by molar-refractivity contribution is 5.25. The standard InChI is InChI=1S/C25H44N2O/c1-24-13-11-19(28)17-18(24)7-8-20-21-9-10-23(25(21,2)14-12-22(20)24)27(5)16-6-15-26(3)4/h7,19-23,28H,6,8-17H2,1-5H3/t19?,20-,21-,22+,23?,24-,25-/m0/s1. The highest BCUT2D eigenvalue weighted by Gasteiger charge is 2.59. The summed E-state index contributed by atoms with van der Waals surface area (Å²) in [6.45, 7) is 7.61. The van der Waals surface area contributed by atoms with Gasteiger partial charge in [0.2, 0.25) is 0 Å². The van der Waals surface area contributed by atoms with Crippen LogP contribution in [-0.4, -0.2) is 61.3 Å². The quantitative estimate of drug-likeness (QED) is 0.699. The number of nitrogens with zero attached hydrogens (tertiary/aromatic N) is 2. The first-order valence-corrected chi connectivity index (χ1v) is 12.0. The van der Waals surface area contributed by atoms with Gasteiger partial charge < -0.3 is 14.9 Å². The molecule has 0 amide bonds. The molecule has 7 atom stereocenters. The van der Waals surface area contributed by atoms with Gasteiger partial charge in [0.05, 0.1) is 6.10 Å². The topological polar surface area (TPSA) is 26.7 Å². The Morgan fingerprint density at radius 2 is 1.79 bits per heavy atom. The lowest BCUT2D eigenvalue weighted by Crippen LogP contribution is -2.53. The Hall–Kier alpha value is -0.380. The largest absolute Gasteiger partial charge is 0.393 e. The van der Waals surface area contributed by atoms with E-state index in [1.165, 1.54) is 58.0 Å². The van der Waals surface area contributed by atoms with Gasteiger partial charge in [0.15, 0.2) is 0 Å². The first-order chi connectivity index (χ1) is 13.3. The summed E-state index contributed by atoms with van der Waals surface area (Å²) in [6, 6.07) is 0.770. The Morgan fingerprint density at radius 3 is 2.54 bits per heavy atom. The van der Waals surface area contributed by atoms with Crippen LogP contribution in [0, 0.1) is 28.6 Å². The van der Waals surface area contributed by atoms with Crippen LogP contribution in [0.15, 0.2) is 11.6 Å². The Labute approximate surface area is 173 Å². The molecule has 0 aliphatic heterocycles. The summed E-state index contributed by atoms with van der Waals surface area (Å²) < 4.78 is 0. The molecule has 3 saturated carbocycles. The van der Waals surface area contributed by atoms with Gasteiger partial charge in [-0.25, -0.2) is 0 Å². The molecule has 0 aromatic rings. The molecule has 0 aromatic heterocycles. The third kappa shape index (κ3) is 3.40. The summed E-state index contributed by atoms with van der Waals surface area (Å²) >= 11 is 0. The summed E-state index contributed by atoms with van der Waals surface area (Å²) in [5.41, 5.74) is 2.48. The Bertz CT molecular complexity index is 601. The van der Waals surface area contributed by atoms with E-state index in [1.54, 1.807) is 5.57 Å². The lowest BCUT2D eigenvalue weighted by atomic mass is 9.48. The van der Waals surface area contributed by atoms with Gasteiger partial charge in [-0.2, -0.15) is 0 Å². The lowest BCUT2D eigenvalue weighted by Gasteiger charge is -2.58. The van der Waals surface area contributed by atoms with E-state index in [-0.39, 0.29) is 6.10 Å². The van der Waals surface area contributed by atoms with Gasteiger partial charge in [-0.05, 0) is 121 Å². The van der Waals surface area contributed by atoms with Crippen LogP contribution in [-0.2, 0) is 0 Å². The molecule has 3 fully saturated rings. The molecule has 0 heterocycles. The third-order valence-corrected chi connectivity index (χ3v) is 9.68. The van der Waals surface area contributed by atoms with E-state index < -0.39 is 0 Å². The van der Waals surface area contributed by atoms with Crippen LogP contribution in [0.1, 0.15) is 71.6 Å². The normalized spacial score (nSPS) is 45.6. The van der Waals surface area contributed by atoms with E-state index in [0.29, 0.717) is 10.8 Å². The van der Waals surface area contributed by atoms with E-state index in [9.17, 15) is 5.11 Å². The van der Waals surface area contributed by atoms with Crippen molar-refractivity contribution >= 4 is 0 Å². The number of rotatable bonds is 5. The summed E-state index contributed by atoms with van der Waals surface area (Å²) in [7, 11) is 6.76. The van der Waals surface area contributed by atoms with Gasteiger partial charge in [-0.1, -0.05) is 25.5 Å². The van der Waals surface area contributed by atoms with Crippen LogP contribution in [0.3, 0.4) is 0 Å². The fraction of sp³-hybridized carbons (Fsp3) is 0.920. The minimum Gasteiger partial charge on any atom is -0.393 e. The van der Waals surface area contributed by atoms with Gasteiger partial charge >= 0.3 is 0 Å². The average Bonchev–Trinajstić information content (AvgIpc) is 2.99. The molecule has 4 aliphatic carbocycles. The van der Waals surface area contributed by atoms with Crippen molar-refractivity contribution in [3.05, 3.63) is 11.6 Å². The van der Waals surface area contributed by atoms with Gasteiger partial charge in [-0.3, -0.25) is 0 Å². The molecular weight excluding hydrogens is 344 g/mol. The molecule has 28 heavy (non-hydrogen) atoms. The molecule has 2 unspecified atom stereocenters. The maximum absolute atomic E-state index is 10.2. The van der Waals surface area contributed by atoms with Gasteiger partial charge in [0.1, 0.15) is 0 Å². The predicted molar refractivity (Wildman–Crippen MR) is 117 cm³/mol. The van der Waals surface area contributed by atoms with Crippen molar-refractivity contribution in [1.82, 2.24) is 9.80 Å². The van der Waals surface area contributed by atoms with Crippen molar-refractivity contribution in [1.29, 1.82) is 0 Å². The van der Waals surface area contributed by atoms with Gasteiger partial charge in [-0.15, -0.1) is 0 Å². The Kier molecular flexibility index (Phi) is 5.74. The second kappa shape index (κ2) is 7.71. The number of fused-ring (bicyclic) bond motifs is 5. The molecule has 4 aliphatic rings. The minimum absolute atomic E-state index is 0.0867. The summed E-state index contributed by atoms with van der Waals surface area (Å²) in [5, 5.41) is 10.2. The molecule has 0 saturated heterocycles. The van der Waals surface area contributed by atoms with E-state index in [0.717, 1.165) is 36.6 Å². The Morgan fingerprint density at radius 1 is 1.00 bits per heavy atom.